The van der Waals surface area contributed by atoms with E-state index in [0.29, 0.717) is 25.1 Å². The van der Waals surface area contributed by atoms with Gasteiger partial charge in [0.2, 0.25) is 10.0 Å². The number of fused-ring (bicyclic) bond motifs is 5. The van der Waals surface area contributed by atoms with Gasteiger partial charge in [-0.25, -0.2) is 8.42 Å². The maximum absolute atomic E-state index is 13.4. The number of para-hydroxylation sites is 1. The lowest BCUT2D eigenvalue weighted by atomic mass is 9.85. The molecular formula is C21H19NO4S. The molecule has 0 amide bonds. The number of ether oxygens (including phenoxy) is 1. The lowest BCUT2D eigenvalue weighted by Crippen LogP contribution is -2.55. The van der Waals surface area contributed by atoms with Gasteiger partial charge in [-0.15, -0.1) is 0 Å². The molecule has 2 bridgehead atoms. The Morgan fingerprint density at radius 2 is 1.78 bits per heavy atom. The van der Waals surface area contributed by atoms with Crippen molar-refractivity contribution in [3.05, 3.63) is 71.8 Å². The van der Waals surface area contributed by atoms with E-state index in [1.807, 2.05) is 30.3 Å². The smallest absolute Gasteiger partial charge is 0.247 e. The van der Waals surface area contributed by atoms with Crippen LogP contribution in [0.25, 0.3) is 0 Å². The van der Waals surface area contributed by atoms with Gasteiger partial charge in [-0.2, -0.15) is 4.31 Å². The summed E-state index contributed by atoms with van der Waals surface area (Å²) in [6, 6.07) is 16.2. The molecule has 0 N–H and O–H groups in total. The number of carbonyl (C=O) groups excluding carboxylic acids is 1. The van der Waals surface area contributed by atoms with Gasteiger partial charge in [-0.1, -0.05) is 42.5 Å². The largest absolute Gasteiger partial charge is 0.483 e. The van der Waals surface area contributed by atoms with Gasteiger partial charge in [0, 0.05) is 18.9 Å². The van der Waals surface area contributed by atoms with Gasteiger partial charge < -0.3 is 4.74 Å². The van der Waals surface area contributed by atoms with Crippen LogP contribution in [0, 0.1) is 5.92 Å². The third kappa shape index (κ3) is 2.63. The monoisotopic (exact) mass is 381 g/mol. The molecule has 2 aliphatic heterocycles. The predicted molar refractivity (Wildman–Crippen MR) is 99.9 cm³/mol. The minimum Gasteiger partial charge on any atom is -0.483 e. The summed E-state index contributed by atoms with van der Waals surface area (Å²) < 4.78 is 34.7. The number of piperidine rings is 1. The van der Waals surface area contributed by atoms with Crippen LogP contribution in [0.15, 0.2) is 71.1 Å². The predicted octanol–water partition coefficient (Wildman–Crippen LogP) is 2.58. The standard InChI is InChI=1S/C21H19NO4S/c23-16-11-15-13-22-18(10-14-6-2-1-3-7-14)21(17(15)12-16)26-19-8-4-5-9-20(19)27(22,24)25/h1-9,12,15,18,21H,10-11,13H2/t15-,18?,21-/m1/s1. The first-order valence-electron chi connectivity index (χ1n) is 9.10. The molecule has 5 rings (SSSR count). The average Bonchev–Trinajstić information content (AvgIpc) is 3.02. The van der Waals surface area contributed by atoms with Crippen LogP contribution in [0.3, 0.4) is 0 Å². The fraction of sp³-hybridized carbons (Fsp3) is 0.286. The van der Waals surface area contributed by atoms with Crippen LogP contribution in [0.2, 0.25) is 0 Å². The van der Waals surface area contributed by atoms with Crippen molar-refractivity contribution in [3.8, 4) is 5.75 Å². The molecule has 138 valence electrons. The lowest BCUT2D eigenvalue weighted by molar-refractivity contribution is -0.114. The summed E-state index contributed by atoms with van der Waals surface area (Å²) >= 11 is 0. The quantitative estimate of drug-likeness (QED) is 0.802. The second-order valence-electron chi connectivity index (χ2n) is 7.33. The highest BCUT2D eigenvalue weighted by atomic mass is 32.2. The van der Waals surface area contributed by atoms with Gasteiger partial charge in [0.1, 0.15) is 16.7 Å². The molecule has 0 radical (unpaired) electrons. The third-order valence-electron chi connectivity index (χ3n) is 5.67. The molecule has 0 spiro atoms. The van der Waals surface area contributed by atoms with Gasteiger partial charge in [0.05, 0.1) is 6.04 Å². The van der Waals surface area contributed by atoms with E-state index in [1.165, 1.54) is 0 Å². The van der Waals surface area contributed by atoms with Gasteiger partial charge >= 0.3 is 0 Å². The van der Waals surface area contributed by atoms with Crippen LogP contribution in [0.5, 0.6) is 5.75 Å². The fourth-order valence-corrected chi connectivity index (χ4v) is 6.24. The minimum absolute atomic E-state index is 0.0511. The molecule has 1 saturated heterocycles. The highest BCUT2D eigenvalue weighted by Crippen LogP contribution is 2.44. The van der Waals surface area contributed by atoms with Crippen molar-refractivity contribution < 1.29 is 17.9 Å². The van der Waals surface area contributed by atoms with Crippen molar-refractivity contribution in [3.63, 3.8) is 0 Å². The number of rotatable bonds is 2. The molecule has 1 aliphatic carbocycles. The highest BCUT2D eigenvalue weighted by Gasteiger charge is 2.51. The molecule has 4 atom stereocenters. The molecule has 6 heteroatoms. The van der Waals surface area contributed by atoms with Crippen LogP contribution < -0.4 is 4.74 Å². The van der Waals surface area contributed by atoms with Crippen molar-refractivity contribution in [2.45, 2.75) is 29.9 Å². The summed E-state index contributed by atoms with van der Waals surface area (Å²) in [4.78, 5) is 12.3. The van der Waals surface area contributed by atoms with Crippen LogP contribution in [0.1, 0.15) is 12.0 Å². The Morgan fingerprint density at radius 1 is 1.04 bits per heavy atom. The molecule has 3 aliphatic rings. The summed E-state index contributed by atoms with van der Waals surface area (Å²) in [5.41, 5.74) is 1.98. The Labute approximate surface area is 158 Å². The molecular weight excluding hydrogens is 362 g/mol. The molecule has 5 nitrogen and oxygen atoms in total. The normalized spacial score (nSPS) is 30.5. The van der Waals surface area contributed by atoms with Crippen LogP contribution in [-0.4, -0.2) is 37.2 Å². The number of hydrogen-bond acceptors (Lipinski definition) is 4. The number of sulfonamides is 1. The van der Waals surface area contributed by atoms with Crippen molar-refractivity contribution >= 4 is 15.8 Å². The Morgan fingerprint density at radius 3 is 2.59 bits per heavy atom. The first-order valence-corrected chi connectivity index (χ1v) is 10.5. The Kier molecular flexibility index (Phi) is 3.74. The van der Waals surface area contributed by atoms with Crippen molar-refractivity contribution in [2.24, 2.45) is 5.92 Å². The number of hydrogen-bond donors (Lipinski definition) is 0. The number of allylic oxidation sites excluding steroid dienone is 1. The van der Waals surface area contributed by atoms with E-state index in [2.05, 4.69) is 0 Å². The van der Waals surface area contributed by atoms with E-state index < -0.39 is 16.1 Å². The van der Waals surface area contributed by atoms with E-state index >= 15 is 0 Å². The number of ketones is 1. The molecule has 0 saturated carbocycles. The van der Waals surface area contributed by atoms with Gasteiger partial charge in [0.15, 0.2) is 5.78 Å². The zero-order valence-corrected chi connectivity index (χ0v) is 15.4. The van der Waals surface area contributed by atoms with Crippen LogP contribution in [0.4, 0.5) is 0 Å². The first kappa shape index (κ1) is 16.7. The summed E-state index contributed by atoms with van der Waals surface area (Å²) in [7, 11) is -3.71. The maximum Gasteiger partial charge on any atom is 0.247 e. The number of nitrogens with zero attached hydrogens (tertiary/aromatic N) is 1. The number of carbonyl (C=O) groups is 1. The van der Waals surface area contributed by atoms with Crippen LogP contribution in [-0.2, 0) is 21.2 Å². The second-order valence-corrected chi connectivity index (χ2v) is 9.19. The highest BCUT2D eigenvalue weighted by molar-refractivity contribution is 7.89. The van der Waals surface area contributed by atoms with Crippen molar-refractivity contribution in [2.75, 3.05) is 6.54 Å². The van der Waals surface area contributed by atoms with Crippen molar-refractivity contribution in [1.29, 1.82) is 0 Å². The topological polar surface area (TPSA) is 63.7 Å². The lowest BCUT2D eigenvalue weighted by Gasteiger charge is -2.41. The molecule has 2 aromatic carbocycles. The van der Waals surface area contributed by atoms with Crippen molar-refractivity contribution in [1.82, 2.24) is 4.31 Å². The Bertz CT molecular complexity index is 1040. The van der Waals surface area contributed by atoms with E-state index in [9.17, 15) is 13.2 Å². The maximum atomic E-state index is 13.4. The molecule has 2 heterocycles. The van der Waals surface area contributed by atoms with Crippen LogP contribution >= 0.6 is 0 Å². The zero-order chi connectivity index (χ0) is 18.6. The zero-order valence-electron chi connectivity index (χ0n) is 14.6. The summed E-state index contributed by atoms with van der Waals surface area (Å²) in [5, 5.41) is 0. The minimum atomic E-state index is -3.71. The molecule has 2 unspecified atom stereocenters. The van der Waals surface area contributed by atoms with Gasteiger partial charge in [0.25, 0.3) is 0 Å². The average molecular weight is 381 g/mol. The van der Waals surface area contributed by atoms with E-state index in [0.717, 1.165) is 11.1 Å². The fourth-order valence-electron chi connectivity index (χ4n) is 4.44. The number of benzene rings is 2. The van der Waals surface area contributed by atoms with E-state index in [4.69, 9.17) is 4.74 Å². The van der Waals surface area contributed by atoms with E-state index in [1.54, 1.807) is 34.6 Å². The summed E-state index contributed by atoms with van der Waals surface area (Å²) in [6.07, 6.45) is 2.12. The first-order chi connectivity index (χ1) is 13.0. The SMILES string of the molecule is O=C1C=C2[C@H](C1)CN1C(Cc3ccccc3)[C@@H]2Oc2ccccc2S1(=O)=O. The molecule has 2 aromatic rings. The van der Waals surface area contributed by atoms with E-state index in [-0.39, 0.29) is 22.6 Å². The van der Waals surface area contributed by atoms with Gasteiger partial charge in [-0.05, 0) is 35.8 Å². The summed E-state index contributed by atoms with van der Waals surface area (Å²) in [5.74, 6) is 0.317. The Hall–Kier alpha value is -2.44. The second kappa shape index (κ2) is 6.04. The molecule has 0 aromatic heterocycles. The Balaban J connectivity index is 1.67. The molecule has 27 heavy (non-hydrogen) atoms. The molecule has 1 fully saturated rings. The summed E-state index contributed by atoms with van der Waals surface area (Å²) in [6.45, 7) is 0.325. The third-order valence-corrected chi connectivity index (χ3v) is 7.60. The van der Waals surface area contributed by atoms with Gasteiger partial charge in [-0.3, -0.25) is 4.79 Å².